The smallest absolute Gasteiger partial charge is 0.0640 e. The summed E-state index contributed by atoms with van der Waals surface area (Å²) in [6.45, 7) is 0. The van der Waals surface area contributed by atoms with E-state index in [0.29, 0.717) is 0 Å². The Balaban J connectivity index is 1.17. The van der Waals surface area contributed by atoms with Gasteiger partial charge < -0.3 is 4.90 Å². The van der Waals surface area contributed by atoms with Crippen molar-refractivity contribution in [3.05, 3.63) is 188 Å². The molecule has 0 aliphatic carbocycles. The van der Waals surface area contributed by atoms with E-state index in [1.54, 1.807) is 0 Å². The Kier molecular flexibility index (Phi) is 7.26. The fourth-order valence-electron chi connectivity index (χ4n) is 7.50. The molecule has 0 unspecified atom stereocenters. The molecule has 0 fully saturated rings. The van der Waals surface area contributed by atoms with Crippen molar-refractivity contribution in [1.29, 1.82) is 0 Å². The van der Waals surface area contributed by atoms with Crippen LogP contribution in [0.2, 0.25) is 0 Å². The molecule has 51 heavy (non-hydrogen) atoms. The van der Waals surface area contributed by atoms with Crippen LogP contribution in [0.25, 0.3) is 73.7 Å². The number of hydrogen-bond acceptors (Lipinski definition) is 3. The summed E-state index contributed by atoms with van der Waals surface area (Å²) in [6, 6.07) is 68.5. The van der Waals surface area contributed by atoms with Crippen molar-refractivity contribution >= 4 is 80.1 Å². The van der Waals surface area contributed by atoms with E-state index < -0.39 is 0 Å². The fourth-order valence-corrected chi connectivity index (χ4v) is 9.98. The molecule has 0 aliphatic rings. The minimum Gasteiger partial charge on any atom is -0.309 e. The van der Waals surface area contributed by atoms with Gasteiger partial charge in [0.05, 0.1) is 10.4 Å². The predicted molar refractivity (Wildman–Crippen MR) is 223 cm³/mol. The van der Waals surface area contributed by atoms with E-state index in [2.05, 4.69) is 193 Å². The van der Waals surface area contributed by atoms with Crippen LogP contribution in [0.4, 0.5) is 17.1 Å². The molecule has 10 aromatic rings. The highest BCUT2D eigenvalue weighted by molar-refractivity contribution is 7.27. The molecule has 0 atom stereocenters. The van der Waals surface area contributed by atoms with E-state index in [1.165, 1.54) is 79.4 Å². The Bertz CT molecular complexity index is 2850. The molecular weight excluding hydrogens is 655 g/mol. The molecule has 8 aromatic carbocycles. The number of anilines is 3. The zero-order valence-electron chi connectivity index (χ0n) is 27.7. The number of fused-ring (bicyclic) bond motifs is 6. The maximum absolute atomic E-state index is 2.45. The van der Waals surface area contributed by atoms with Crippen molar-refractivity contribution in [2.45, 2.75) is 0 Å². The van der Waals surface area contributed by atoms with E-state index in [-0.39, 0.29) is 0 Å². The van der Waals surface area contributed by atoms with Gasteiger partial charge in [-0.2, -0.15) is 0 Å². The van der Waals surface area contributed by atoms with Crippen molar-refractivity contribution in [2.75, 3.05) is 4.90 Å². The minimum absolute atomic E-state index is 1.13. The van der Waals surface area contributed by atoms with Gasteiger partial charge in [0.1, 0.15) is 0 Å². The van der Waals surface area contributed by atoms with Gasteiger partial charge in [0.25, 0.3) is 0 Å². The SMILES string of the molecule is c1ccc(-c2ccccc2-c2ccc(N(c3ccc4c(c3)sc3ccccc34)c3cccc4c3sc3c(-c5ccccc5)cccc34)cc2)cc1. The van der Waals surface area contributed by atoms with E-state index in [0.717, 1.165) is 11.4 Å². The monoisotopic (exact) mass is 685 g/mol. The van der Waals surface area contributed by atoms with Crippen LogP contribution in [0.5, 0.6) is 0 Å². The number of benzene rings is 8. The molecule has 0 bridgehead atoms. The lowest BCUT2D eigenvalue weighted by Gasteiger charge is -2.26. The molecule has 0 aliphatic heterocycles. The lowest BCUT2D eigenvalue weighted by Crippen LogP contribution is -2.10. The first-order valence-electron chi connectivity index (χ1n) is 17.3. The standard InChI is InChI=1S/C48H31NS2/c1-3-13-32(14-4-1)37-17-7-8-18-38(37)34-25-27-35(28-26-34)49(36-29-30-41-40-19-9-10-24-45(40)50-46(41)31-36)44-23-12-22-43-42-21-11-20-39(47(42)51-48(43)44)33-15-5-2-6-16-33/h1-31H. The molecule has 240 valence electrons. The van der Waals surface area contributed by atoms with Crippen LogP contribution < -0.4 is 4.90 Å². The summed E-state index contributed by atoms with van der Waals surface area (Å²) >= 11 is 3.76. The van der Waals surface area contributed by atoms with Gasteiger partial charge in [-0.3, -0.25) is 0 Å². The van der Waals surface area contributed by atoms with Crippen LogP contribution in [-0.4, -0.2) is 0 Å². The second kappa shape index (κ2) is 12.4. The van der Waals surface area contributed by atoms with Gasteiger partial charge in [0.15, 0.2) is 0 Å². The second-order valence-electron chi connectivity index (χ2n) is 12.9. The lowest BCUT2D eigenvalue weighted by atomic mass is 9.94. The summed E-state index contributed by atoms with van der Waals surface area (Å²) in [4.78, 5) is 2.45. The van der Waals surface area contributed by atoms with Crippen LogP contribution in [0.1, 0.15) is 0 Å². The van der Waals surface area contributed by atoms with Gasteiger partial charge in [0, 0.05) is 47.0 Å². The topological polar surface area (TPSA) is 3.24 Å². The third kappa shape index (κ3) is 5.13. The van der Waals surface area contributed by atoms with E-state index in [9.17, 15) is 0 Å². The molecule has 0 amide bonds. The van der Waals surface area contributed by atoms with Crippen LogP contribution >= 0.6 is 22.7 Å². The van der Waals surface area contributed by atoms with Gasteiger partial charge in [-0.15, -0.1) is 22.7 Å². The number of thiophene rings is 2. The Morgan fingerprint density at radius 1 is 0.314 bits per heavy atom. The molecule has 0 spiro atoms. The summed E-state index contributed by atoms with van der Waals surface area (Å²) in [5.74, 6) is 0. The molecule has 2 heterocycles. The van der Waals surface area contributed by atoms with Crippen LogP contribution in [0.3, 0.4) is 0 Å². The highest BCUT2D eigenvalue weighted by atomic mass is 32.1. The molecule has 3 heteroatoms. The molecular formula is C48H31NS2. The molecule has 10 rings (SSSR count). The average molecular weight is 686 g/mol. The third-order valence-corrected chi connectivity index (χ3v) is 12.3. The Morgan fingerprint density at radius 3 is 1.59 bits per heavy atom. The largest absolute Gasteiger partial charge is 0.309 e. The molecule has 2 aromatic heterocycles. The third-order valence-electron chi connectivity index (χ3n) is 9.90. The van der Waals surface area contributed by atoms with Gasteiger partial charge in [-0.25, -0.2) is 0 Å². The molecule has 0 N–H and O–H groups in total. The summed E-state index contributed by atoms with van der Waals surface area (Å²) in [6.07, 6.45) is 0. The van der Waals surface area contributed by atoms with Crippen LogP contribution in [0, 0.1) is 0 Å². The van der Waals surface area contributed by atoms with Crippen molar-refractivity contribution in [3.8, 4) is 33.4 Å². The van der Waals surface area contributed by atoms with Crippen molar-refractivity contribution in [1.82, 2.24) is 0 Å². The molecule has 0 saturated carbocycles. The minimum atomic E-state index is 1.13. The van der Waals surface area contributed by atoms with Gasteiger partial charge in [0.2, 0.25) is 0 Å². The summed E-state index contributed by atoms with van der Waals surface area (Å²) < 4.78 is 5.21. The normalized spacial score (nSPS) is 11.5. The highest BCUT2D eigenvalue weighted by Gasteiger charge is 2.20. The van der Waals surface area contributed by atoms with Gasteiger partial charge in [-0.1, -0.05) is 152 Å². The number of hydrogen-bond donors (Lipinski definition) is 0. The lowest BCUT2D eigenvalue weighted by molar-refractivity contribution is 1.31. The zero-order chi connectivity index (χ0) is 33.7. The molecule has 0 saturated heterocycles. The quantitative estimate of drug-likeness (QED) is 0.168. The summed E-state index contributed by atoms with van der Waals surface area (Å²) in [5.41, 5.74) is 10.9. The Morgan fingerprint density at radius 2 is 0.843 bits per heavy atom. The van der Waals surface area contributed by atoms with Crippen molar-refractivity contribution in [3.63, 3.8) is 0 Å². The van der Waals surface area contributed by atoms with Crippen LogP contribution in [-0.2, 0) is 0 Å². The maximum Gasteiger partial charge on any atom is 0.0640 e. The van der Waals surface area contributed by atoms with E-state index in [4.69, 9.17) is 0 Å². The maximum atomic E-state index is 2.45. The fraction of sp³-hybridized carbons (Fsp3) is 0. The molecule has 1 nitrogen and oxygen atoms in total. The number of rotatable bonds is 6. The average Bonchev–Trinajstić information content (AvgIpc) is 3.78. The first kappa shape index (κ1) is 29.9. The van der Waals surface area contributed by atoms with E-state index in [1.807, 2.05) is 22.7 Å². The molecule has 0 radical (unpaired) electrons. The van der Waals surface area contributed by atoms with E-state index >= 15 is 0 Å². The Labute approximate surface area is 304 Å². The number of nitrogens with zero attached hydrogens (tertiary/aromatic N) is 1. The Hall–Kier alpha value is -6.00. The zero-order valence-corrected chi connectivity index (χ0v) is 29.3. The second-order valence-corrected chi connectivity index (χ2v) is 15.0. The van der Waals surface area contributed by atoms with Crippen molar-refractivity contribution in [2.24, 2.45) is 0 Å². The summed E-state index contributed by atoms with van der Waals surface area (Å²) in [7, 11) is 0. The first-order valence-corrected chi connectivity index (χ1v) is 18.9. The van der Waals surface area contributed by atoms with Crippen molar-refractivity contribution < 1.29 is 0 Å². The van der Waals surface area contributed by atoms with Gasteiger partial charge in [-0.05, 0) is 69.8 Å². The first-order chi connectivity index (χ1) is 25.3. The van der Waals surface area contributed by atoms with Crippen LogP contribution in [0.15, 0.2) is 188 Å². The summed E-state index contributed by atoms with van der Waals surface area (Å²) in [5, 5.41) is 5.20. The predicted octanol–water partition coefficient (Wildman–Crippen LogP) is 14.9. The van der Waals surface area contributed by atoms with Gasteiger partial charge >= 0.3 is 0 Å². The highest BCUT2D eigenvalue weighted by Crippen LogP contribution is 2.48.